The van der Waals surface area contributed by atoms with Gasteiger partial charge in [-0.25, -0.2) is 0 Å². The van der Waals surface area contributed by atoms with Crippen molar-refractivity contribution < 1.29 is 19.2 Å². The summed E-state index contributed by atoms with van der Waals surface area (Å²) in [6.45, 7) is 2.06. The van der Waals surface area contributed by atoms with Crippen LogP contribution < -0.4 is 5.32 Å². The molecule has 9 heteroatoms. The fourth-order valence-electron chi connectivity index (χ4n) is 5.56. The number of hydrogen-bond acceptors (Lipinski definition) is 4. The Labute approximate surface area is 222 Å². The minimum Gasteiger partial charge on any atom is -0.352 e. The first-order chi connectivity index (χ1) is 17.3. The Morgan fingerprint density at radius 2 is 1.69 bits per heavy atom. The van der Waals surface area contributed by atoms with Gasteiger partial charge < -0.3 is 10.2 Å². The van der Waals surface area contributed by atoms with Crippen LogP contribution in [0.2, 0.25) is 10.0 Å². The number of carbonyl (C=O) groups excluding carboxylic acids is 4. The summed E-state index contributed by atoms with van der Waals surface area (Å²) in [6, 6.07) is 4.59. The molecule has 0 bridgehead atoms. The van der Waals surface area contributed by atoms with Crippen LogP contribution in [-0.4, -0.2) is 52.1 Å². The van der Waals surface area contributed by atoms with E-state index in [2.05, 4.69) is 5.32 Å². The molecular weight excluding hydrogens is 501 g/mol. The van der Waals surface area contributed by atoms with Crippen molar-refractivity contribution in [2.75, 3.05) is 6.54 Å². The van der Waals surface area contributed by atoms with Gasteiger partial charge in [-0.05, 0) is 49.8 Å². The Balaban J connectivity index is 1.49. The Kier molecular flexibility index (Phi) is 8.73. The lowest BCUT2D eigenvalue weighted by Crippen LogP contribution is -2.51. The molecule has 0 aromatic heterocycles. The zero-order valence-corrected chi connectivity index (χ0v) is 22.1. The minimum absolute atomic E-state index is 0.0159. The zero-order chi connectivity index (χ0) is 25.8. The maximum absolute atomic E-state index is 13.6. The predicted octanol–water partition coefficient (Wildman–Crippen LogP) is 4.50. The van der Waals surface area contributed by atoms with Crippen LogP contribution in [0, 0.1) is 11.8 Å². The molecule has 0 spiro atoms. The van der Waals surface area contributed by atoms with Gasteiger partial charge in [0.15, 0.2) is 0 Å². The van der Waals surface area contributed by atoms with Crippen LogP contribution in [0.4, 0.5) is 0 Å². The third kappa shape index (κ3) is 5.78. The molecule has 3 atom stereocenters. The van der Waals surface area contributed by atoms with E-state index in [1.165, 1.54) is 4.90 Å². The highest BCUT2D eigenvalue weighted by atomic mass is 35.5. The predicted molar refractivity (Wildman–Crippen MR) is 138 cm³/mol. The standard InChI is InChI=1S/C27H33Cl2N3O4/c1-2-23(25(34)30-18-7-3-4-8-18)32(16-17-11-12-21(28)22(29)15-17)24(33)13-14-31-26(35)19-9-5-6-10-20(19)27(31)36/h5-6,11-12,15,18-20,23H,2-4,7-10,13-14,16H2,1H3,(H,30,34)/t19-,20+,23-/m0/s1. The molecular formula is C27H33Cl2N3O4. The molecule has 1 aromatic rings. The quantitative estimate of drug-likeness (QED) is 0.374. The van der Waals surface area contributed by atoms with Gasteiger partial charge in [0, 0.05) is 25.6 Å². The van der Waals surface area contributed by atoms with E-state index in [1.54, 1.807) is 23.1 Å². The molecule has 1 saturated carbocycles. The summed E-state index contributed by atoms with van der Waals surface area (Å²) in [5.41, 5.74) is 0.746. The number of likely N-dealkylation sites (tertiary alicyclic amines) is 1. The van der Waals surface area contributed by atoms with Gasteiger partial charge in [-0.15, -0.1) is 0 Å². The third-order valence-corrected chi connectivity index (χ3v) is 8.31. The van der Waals surface area contributed by atoms with Crippen molar-refractivity contribution in [2.24, 2.45) is 11.8 Å². The van der Waals surface area contributed by atoms with E-state index in [0.29, 0.717) is 29.3 Å². The van der Waals surface area contributed by atoms with Gasteiger partial charge in [0.2, 0.25) is 23.6 Å². The summed E-state index contributed by atoms with van der Waals surface area (Å²) in [6.07, 6.45) is 9.45. The molecule has 2 aliphatic carbocycles. The van der Waals surface area contributed by atoms with Crippen molar-refractivity contribution in [2.45, 2.75) is 76.9 Å². The minimum atomic E-state index is -0.677. The normalized spacial score (nSPS) is 22.6. The molecule has 1 heterocycles. The van der Waals surface area contributed by atoms with E-state index in [9.17, 15) is 19.2 Å². The average Bonchev–Trinajstić information content (AvgIpc) is 3.46. The Hall–Kier alpha value is -2.38. The molecule has 3 aliphatic rings. The SMILES string of the molecule is CC[C@@H](C(=O)NC1CCCC1)N(Cc1ccc(Cl)c(Cl)c1)C(=O)CCN1C(=O)[C@H]2CC=CC[C@H]2C1=O. The Bertz CT molecular complexity index is 1030. The number of rotatable bonds is 9. The van der Waals surface area contributed by atoms with E-state index in [1.807, 2.05) is 19.1 Å². The topological polar surface area (TPSA) is 86.8 Å². The van der Waals surface area contributed by atoms with Gasteiger partial charge in [0.05, 0.1) is 21.9 Å². The maximum Gasteiger partial charge on any atom is 0.243 e. The monoisotopic (exact) mass is 533 g/mol. The summed E-state index contributed by atoms with van der Waals surface area (Å²) < 4.78 is 0. The van der Waals surface area contributed by atoms with Crippen LogP contribution in [0.15, 0.2) is 30.4 Å². The zero-order valence-electron chi connectivity index (χ0n) is 20.6. The van der Waals surface area contributed by atoms with Crippen LogP contribution in [0.25, 0.3) is 0 Å². The number of fused-ring (bicyclic) bond motifs is 1. The van der Waals surface area contributed by atoms with E-state index in [0.717, 1.165) is 31.2 Å². The molecule has 194 valence electrons. The Morgan fingerprint density at radius 1 is 1.06 bits per heavy atom. The first-order valence-corrected chi connectivity index (χ1v) is 13.6. The fourth-order valence-corrected chi connectivity index (χ4v) is 5.88. The van der Waals surface area contributed by atoms with Crippen molar-refractivity contribution in [3.63, 3.8) is 0 Å². The summed E-state index contributed by atoms with van der Waals surface area (Å²) in [5.74, 6) is -1.53. The highest BCUT2D eigenvalue weighted by molar-refractivity contribution is 6.42. The van der Waals surface area contributed by atoms with Crippen molar-refractivity contribution >= 4 is 46.8 Å². The number of halogens is 2. The third-order valence-electron chi connectivity index (χ3n) is 7.57. The lowest BCUT2D eigenvalue weighted by molar-refractivity contribution is -0.144. The molecule has 1 N–H and O–H groups in total. The van der Waals surface area contributed by atoms with E-state index < -0.39 is 6.04 Å². The molecule has 36 heavy (non-hydrogen) atoms. The lowest BCUT2D eigenvalue weighted by Gasteiger charge is -2.32. The van der Waals surface area contributed by atoms with Crippen molar-refractivity contribution in [3.05, 3.63) is 46.0 Å². The number of hydrogen-bond donors (Lipinski definition) is 1. The smallest absolute Gasteiger partial charge is 0.243 e. The van der Waals surface area contributed by atoms with Crippen LogP contribution >= 0.6 is 23.2 Å². The molecule has 0 unspecified atom stereocenters. The Morgan fingerprint density at radius 3 is 2.28 bits per heavy atom. The number of allylic oxidation sites excluding steroid dienone is 2. The first kappa shape index (κ1) is 26.7. The number of nitrogens with zero attached hydrogens (tertiary/aromatic N) is 2. The van der Waals surface area contributed by atoms with Gasteiger partial charge >= 0.3 is 0 Å². The molecule has 1 saturated heterocycles. The van der Waals surface area contributed by atoms with Crippen LogP contribution in [0.3, 0.4) is 0 Å². The second-order valence-corrected chi connectivity index (χ2v) is 10.7. The highest BCUT2D eigenvalue weighted by Crippen LogP contribution is 2.35. The second kappa shape index (κ2) is 11.8. The van der Waals surface area contributed by atoms with Crippen molar-refractivity contribution in [3.8, 4) is 0 Å². The van der Waals surface area contributed by atoms with Gasteiger partial charge in [0.25, 0.3) is 0 Å². The maximum atomic E-state index is 13.6. The molecule has 1 aliphatic heterocycles. The number of benzene rings is 1. The average molecular weight is 534 g/mol. The lowest BCUT2D eigenvalue weighted by atomic mass is 9.85. The molecule has 2 fully saturated rings. The van der Waals surface area contributed by atoms with Gasteiger partial charge in [-0.1, -0.05) is 61.2 Å². The summed E-state index contributed by atoms with van der Waals surface area (Å²) in [4.78, 5) is 55.3. The van der Waals surface area contributed by atoms with E-state index in [-0.39, 0.29) is 61.0 Å². The number of carbonyl (C=O) groups is 4. The number of amides is 4. The first-order valence-electron chi connectivity index (χ1n) is 12.8. The van der Waals surface area contributed by atoms with Crippen LogP contribution in [0.5, 0.6) is 0 Å². The van der Waals surface area contributed by atoms with Gasteiger partial charge in [-0.2, -0.15) is 0 Å². The summed E-state index contributed by atoms with van der Waals surface area (Å²) in [7, 11) is 0. The fraction of sp³-hybridized carbons (Fsp3) is 0.556. The number of imide groups is 1. The molecule has 4 amide bonds. The van der Waals surface area contributed by atoms with Crippen molar-refractivity contribution in [1.82, 2.24) is 15.1 Å². The molecule has 7 nitrogen and oxygen atoms in total. The number of nitrogens with one attached hydrogen (secondary N) is 1. The molecule has 4 rings (SSSR count). The van der Waals surface area contributed by atoms with Gasteiger partial charge in [0.1, 0.15) is 6.04 Å². The molecule has 1 aromatic carbocycles. The van der Waals surface area contributed by atoms with Gasteiger partial charge in [-0.3, -0.25) is 24.1 Å². The van der Waals surface area contributed by atoms with Crippen LogP contribution in [-0.2, 0) is 25.7 Å². The largest absolute Gasteiger partial charge is 0.352 e. The van der Waals surface area contributed by atoms with E-state index >= 15 is 0 Å². The second-order valence-electron chi connectivity index (χ2n) is 9.92. The molecule has 0 radical (unpaired) electrons. The highest BCUT2D eigenvalue weighted by Gasteiger charge is 2.47. The van der Waals surface area contributed by atoms with E-state index in [4.69, 9.17) is 23.2 Å². The van der Waals surface area contributed by atoms with Crippen LogP contribution in [0.1, 0.15) is 63.9 Å². The summed E-state index contributed by atoms with van der Waals surface area (Å²) >= 11 is 12.3. The summed E-state index contributed by atoms with van der Waals surface area (Å²) in [5, 5.41) is 3.89. The van der Waals surface area contributed by atoms with Crippen molar-refractivity contribution in [1.29, 1.82) is 0 Å².